The number of hydrogen-bond acceptors (Lipinski definition) is 3. The van der Waals surface area contributed by atoms with E-state index in [1.165, 1.54) is 11.9 Å². The average Bonchev–Trinajstić information content (AvgIpc) is 1.88. The number of nitriles is 1. The molecule has 0 saturated carbocycles. The van der Waals surface area contributed by atoms with Crippen LogP contribution in [0.25, 0.3) is 0 Å². The SMILES string of the molecule is CCCN(CC)SC#N. The lowest BCUT2D eigenvalue weighted by molar-refractivity contribution is 0.497. The van der Waals surface area contributed by atoms with E-state index in [4.69, 9.17) is 5.26 Å². The van der Waals surface area contributed by atoms with Gasteiger partial charge in [-0.15, -0.1) is 0 Å². The molecule has 0 radical (unpaired) electrons. The van der Waals surface area contributed by atoms with Crippen LogP contribution in [0.1, 0.15) is 20.3 Å². The van der Waals surface area contributed by atoms with Crippen molar-refractivity contribution in [1.29, 1.82) is 5.26 Å². The molecule has 0 aliphatic rings. The second kappa shape index (κ2) is 5.93. The molecule has 0 N–H and O–H groups in total. The first-order valence-electron chi connectivity index (χ1n) is 3.16. The lowest BCUT2D eigenvalue weighted by atomic mass is 10.5. The van der Waals surface area contributed by atoms with Gasteiger partial charge >= 0.3 is 0 Å². The Morgan fingerprint density at radius 1 is 1.56 bits per heavy atom. The van der Waals surface area contributed by atoms with Crippen molar-refractivity contribution in [2.24, 2.45) is 0 Å². The molecule has 0 rings (SSSR count). The smallest absolute Gasteiger partial charge is 0.150 e. The molecule has 0 saturated heterocycles. The van der Waals surface area contributed by atoms with Crippen molar-refractivity contribution in [1.82, 2.24) is 4.31 Å². The highest BCUT2D eigenvalue weighted by Gasteiger charge is 1.97. The van der Waals surface area contributed by atoms with Crippen LogP contribution in [-0.4, -0.2) is 17.4 Å². The van der Waals surface area contributed by atoms with Crippen LogP contribution < -0.4 is 0 Å². The van der Waals surface area contributed by atoms with Crippen LogP contribution in [0.2, 0.25) is 0 Å². The van der Waals surface area contributed by atoms with Crippen molar-refractivity contribution in [2.75, 3.05) is 13.1 Å². The van der Waals surface area contributed by atoms with E-state index < -0.39 is 0 Å². The topological polar surface area (TPSA) is 27.0 Å². The van der Waals surface area contributed by atoms with Crippen molar-refractivity contribution < 1.29 is 0 Å². The largest absolute Gasteiger partial charge is 0.238 e. The molecule has 3 heteroatoms. The second-order valence-corrected chi connectivity index (χ2v) is 2.59. The summed E-state index contributed by atoms with van der Waals surface area (Å²) in [7, 11) is 0. The molecular formula is C6H12N2S. The normalized spacial score (nSPS) is 9.56. The molecule has 9 heavy (non-hydrogen) atoms. The quantitative estimate of drug-likeness (QED) is 0.445. The summed E-state index contributed by atoms with van der Waals surface area (Å²) < 4.78 is 2.04. The molecule has 0 atom stereocenters. The van der Waals surface area contributed by atoms with Gasteiger partial charge in [-0.1, -0.05) is 13.8 Å². The molecule has 0 aliphatic heterocycles. The van der Waals surface area contributed by atoms with Gasteiger partial charge in [-0.2, -0.15) is 5.26 Å². The Kier molecular flexibility index (Phi) is 5.80. The van der Waals surface area contributed by atoms with Crippen molar-refractivity contribution in [2.45, 2.75) is 20.3 Å². The third kappa shape index (κ3) is 4.31. The van der Waals surface area contributed by atoms with E-state index in [9.17, 15) is 0 Å². The minimum Gasteiger partial charge on any atom is -0.238 e. The van der Waals surface area contributed by atoms with Crippen LogP contribution in [0.15, 0.2) is 0 Å². The number of hydrogen-bond donors (Lipinski definition) is 0. The summed E-state index contributed by atoms with van der Waals surface area (Å²) in [5.74, 6) is 0. The molecule has 0 unspecified atom stereocenters. The van der Waals surface area contributed by atoms with E-state index in [0.717, 1.165) is 19.5 Å². The molecule has 0 spiro atoms. The molecule has 0 aromatic carbocycles. The molecule has 52 valence electrons. The minimum absolute atomic E-state index is 0.950. The number of rotatable bonds is 4. The zero-order valence-corrected chi connectivity index (χ0v) is 6.74. The van der Waals surface area contributed by atoms with Gasteiger partial charge in [0.15, 0.2) is 0 Å². The Labute approximate surface area is 61.0 Å². The Morgan fingerprint density at radius 2 is 2.22 bits per heavy atom. The Morgan fingerprint density at radius 3 is 2.56 bits per heavy atom. The van der Waals surface area contributed by atoms with Gasteiger partial charge in [0, 0.05) is 25.0 Å². The molecule has 0 bridgehead atoms. The number of thiocyanates is 1. The summed E-state index contributed by atoms with van der Waals surface area (Å²) in [6.45, 7) is 6.13. The first-order valence-corrected chi connectivity index (χ1v) is 3.93. The summed E-state index contributed by atoms with van der Waals surface area (Å²) in [6.07, 6.45) is 1.11. The summed E-state index contributed by atoms with van der Waals surface area (Å²) in [5, 5.41) is 10.3. The zero-order valence-electron chi connectivity index (χ0n) is 5.92. The fourth-order valence-electron chi connectivity index (χ4n) is 0.575. The summed E-state index contributed by atoms with van der Waals surface area (Å²) in [4.78, 5) is 0. The summed E-state index contributed by atoms with van der Waals surface area (Å²) in [5.41, 5.74) is 0. The molecule has 0 aromatic rings. The minimum atomic E-state index is 0.950. The van der Waals surface area contributed by atoms with E-state index in [-0.39, 0.29) is 0 Å². The van der Waals surface area contributed by atoms with E-state index >= 15 is 0 Å². The fraction of sp³-hybridized carbons (Fsp3) is 0.833. The summed E-state index contributed by atoms with van der Waals surface area (Å²) in [6, 6.07) is 0. The lowest BCUT2D eigenvalue weighted by Crippen LogP contribution is -2.14. The fourth-order valence-corrected chi connectivity index (χ4v) is 1.09. The standard InChI is InChI=1S/C6H12N2S/c1-3-5-8(4-2)9-6-7/h3-5H2,1-2H3. The van der Waals surface area contributed by atoms with Crippen molar-refractivity contribution >= 4 is 11.9 Å². The predicted octanol–water partition coefficient (Wildman–Crippen LogP) is 1.85. The van der Waals surface area contributed by atoms with Gasteiger partial charge in [-0.3, -0.25) is 0 Å². The van der Waals surface area contributed by atoms with Crippen LogP contribution >= 0.6 is 11.9 Å². The third-order valence-electron chi connectivity index (χ3n) is 0.996. The van der Waals surface area contributed by atoms with Crippen LogP contribution in [0.4, 0.5) is 0 Å². The maximum Gasteiger partial charge on any atom is 0.150 e. The van der Waals surface area contributed by atoms with Crippen LogP contribution in [0, 0.1) is 10.7 Å². The molecule has 2 nitrogen and oxygen atoms in total. The molecule has 0 amide bonds. The predicted molar refractivity (Wildman–Crippen MR) is 40.7 cm³/mol. The van der Waals surface area contributed by atoms with Gasteiger partial charge in [0.25, 0.3) is 0 Å². The Hall–Kier alpha value is -0.200. The maximum absolute atomic E-state index is 8.27. The van der Waals surface area contributed by atoms with Gasteiger partial charge in [0.1, 0.15) is 5.40 Å². The van der Waals surface area contributed by atoms with Gasteiger partial charge < -0.3 is 0 Å². The van der Waals surface area contributed by atoms with Gasteiger partial charge in [0.05, 0.1) is 0 Å². The van der Waals surface area contributed by atoms with E-state index in [0.29, 0.717) is 0 Å². The number of nitrogens with zero attached hydrogens (tertiary/aromatic N) is 2. The molecule has 0 fully saturated rings. The monoisotopic (exact) mass is 144 g/mol. The third-order valence-corrected chi connectivity index (χ3v) is 1.78. The first kappa shape index (κ1) is 8.80. The second-order valence-electron chi connectivity index (χ2n) is 1.70. The zero-order chi connectivity index (χ0) is 7.11. The van der Waals surface area contributed by atoms with Crippen LogP contribution in [0.5, 0.6) is 0 Å². The Balaban J connectivity index is 3.32. The lowest BCUT2D eigenvalue weighted by Gasteiger charge is -2.11. The van der Waals surface area contributed by atoms with E-state index in [2.05, 4.69) is 13.8 Å². The van der Waals surface area contributed by atoms with Crippen LogP contribution in [-0.2, 0) is 0 Å². The van der Waals surface area contributed by atoms with Crippen molar-refractivity contribution in [3.8, 4) is 5.40 Å². The highest BCUT2D eigenvalue weighted by Crippen LogP contribution is 2.06. The highest BCUT2D eigenvalue weighted by atomic mass is 32.2. The molecular weight excluding hydrogens is 132 g/mol. The van der Waals surface area contributed by atoms with Gasteiger partial charge in [-0.25, -0.2) is 4.31 Å². The van der Waals surface area contributed by atoms with Crippen molar-refractivity contribution in [3.63, 3.8) is 0 Å². The summed E-state index contributed by atoms with van der Waals surface area (Å²) >= 11 is 1.24. The van der Waals surface area contributed by atoms with E-state index in [1.54, 1.807) is 0 Å². The van der Waals surface area contributed by atoms with Gasteiger partial charge in [-0.05, 0) is 6.42 Å². The first-order chi connectivity index (χ1) is 4.35. The maximum atomic E-state index is 8.27. The average molecular weight is 144 g/mol. The molecule has 0 aliphatic carbocycles. The van der Waals surface area contributed by atoms with E-state index in [1.807, 2.05) is 9.71 Å². The highest BCUT2D eigenvalue weighted by molar-refractivity contribution is 8.01. The van der Waals surface area contributed by atoms with Crippen LogP contribution in [0.3, 0.4) is 0 Å². The molecule has 0 aromatic heterocycles. The Bertz CT molecular complexity index is 97.7. The van der Waals surface area contributed by atoms with Crippen molar-refractivity contribution in [3.05, 3.63) is 0 Å². The molecule has 0 heterocycles. The van der Waals surface area contributed by atoms with Gasteiger partial charge in [0.2, 0.25) is 0 Å².